The van der Waals surface area contributed by atoms with Crippen molar-refractivity contribution in [3.8, 4) is 0 Å². The number of hydrogen-bond donors (Lipinski definition) is 0. The maximum Gasteiger partial charge on any atom is -1.00 e. The summed E-state index contributed by atoms with van der Waals surface area (Å²) < 4.78 is 1.53. The second kappa shape index (κ2) is 9.00. The Kier molecular flexibility index (Phi) is 6.83. The Morgan fingerprint density at radius 3 is 2.14 bits per heavy atom. The van der Waals surface area contributed by atoms with Crippen LogP contribution in [0.5, 0.6) is 0 Å². The van der Waals surface area contributed by atoms with Gasteiger partial charge in [0.1, 0.15) is 0 Å². The van der Waals surface area contributed by atoms with Gasteiger partial charge in [0, 0.05) is 0 Å². The number of hydrogen-bond acceptors (Lipinski definition) is 0. The third-order valence-corrected chi connectivity index (χ3v) is 7.51. The first-order chi connectivity index (χ1) is 13.3. The molecule has 0 heterocycles. The first kappa shape index (κ1) is 22.0. The van der Waals surface area contributed by atoms with Crippen LogP contribution in [0.15, 0.2) is 85.0 Å². The van der Waals surface area contributed by atoms with Gasteiger partial charge in [-0.2, -0.15) is 0 Å². The van der Waals surface area contributed by atoms with E-state index in [1.165, 1.54) is 52.0 Å². The standard InChI is InChI=1S/C26H19.2ClH.Hf/c1-18(19-9-3-2-4-10-19)22-15-16-24-23-14-8-7-13-21(23)17-25(24)26(22)20-11-5-6-12-20;;;/h2-11,13-16H,12H2,1H3;2*1H;/q;;;+2/p-2. The molecule has 0 unspecified atom stereocenters. The average Bonchev–Trinajstić information content (AvgIpc) is 3.35. The maximum absolute atomic E-state index is 2.34. The fourth-order valence-electron chi connectivity index (χ4n) is 4.28. The Morgan fingerprint density at radius 1 is 0.759 bits per heavy atom. The molecular weight excluding hydrogens is 562 g/mol. The normalized spacial score (nSPS) is 14.4. The summed E-state index contributed by atoms with van der Waals surface area (Å²) in [4.78, 5) is 0. The topological polar surface area (TPSA) is 0 Å². The molecular formula is C26H19Cl2Hf. The number of rotatable bonds is 2. The number of allylic oxidation sites excluding steroid dienone is 4. The number of fused-ring (bicyclic) bond motifs is 2. The summed E-state index contributed by atoms with van der Waals surface area (Å²) in [5.41, 5.74) is 7.02. The quantitative estimate of drug-likeness (QED) is 0.326. The van der Waals surface area contributed by atoms with Gasteiger partial charge < -0.3 is 24.8 Å². The predicted molar refractivity (Wildman–Crippen MR) is 109 cm³/mol. The van der Waals surface area contributed by atoms with Gasteiger partial charge in [0.2, 0.25) is 0 Å². The van der Waals surface area contributed by atoms with Crippen LogP contribution >= 0.6 is 0 Å². The van der Waals surface area contributed by atoms with Crippen LogP contribution in [0.1, 0.15) is 30.0 Å². The molecule has 0 spiro atoms. The second-order valence-electron chi connectivity index (χ2n) is 7.15. The zero-order valence-electron chi connectivity index (χ0n) is 16.0. The monoisotopic (exact) mass is 581 g/mol. The van der Waals surface area contributed by atoms with E-state index in [1.807, 2.05) is 0 Å². The van der Waals surface area contributed by atoms with Gasteiger partial charge in [-0.25, -0.2) is 0 Å². The van der Waals surface area contributed by atoms with Crippen molar-refractivity contribution in [3.05, 3.63) is 123 Å². The molecule has 0 fully saturated rings. The number of halogens is 2. The van der Waals surface area contributed by atoms with E-state index < -0.39 is 0 Å². The zero-order chi connectivity index (χ0) is 18.4. The average molecular weight is 581 g/mol. The molecule has 2 aliphatic carbocycles. The molecule has 0 aromatic heterocycles. The van der Waals surface area contributed by atoms with Crippen LogP contribution in [0, 0.1) is 10.4 Å². The molecule has 0 aliphatic heterocycles. The third kappa shape index (κ3) is 3.65. The van der Waals surface area contributed by atoms with Gasteiger partial charge in [-0.1, -0.05) is 0 Å². The van der Waals surface area contributed by atoms with Gasteiger partial charge in [-0.3, -0.25) is 0 Å². The van der Waals surface area contributed by atoms with E-state index in [1.54, 1.807) is 0 Å². The molecule has 0 amide bonds. The van der Waals surface area contributed by atoms with Crippen molar-refractivity contribution in [2.24, 2.45) is 0 Å². The summed E-state index contributed by atoms with van der Waals surface area (Å²) in [5, 5.41) is 5.61. The molecule has 0 atom stereocenters. The van der Waals surface area contributed by atoms with Crippen molar-refractivity contribution in [2.75, 3.05) is 0 Å². The molecule has 3 aromatic rings. The van der Waals surface area contributed by atoms with Gasteiger partial charge in [0.25, 0.3) is 0 Å². The Hall–Kier alpha value is -1.67. The van der Waals surface area contributed by atoms with Crippen LogP contribution in [0.3, 0.4) is 0 Å². The Labute approximate surface area is 198 Å². The maximum atomic E-state index is 2.34. The van der Waals surface area contributed by atoms with Gasteiger partial charge in [0.05, 0.1) is 0 Å². The van der Waals surface area contributed by atoms with Crippen molar-refractivity contribution in [1.82, 2.24) is 0 Å². The van der Waals surface area contributed by atoms with Crippen LogP contribution in [-0.2, 0) is 24.4 Å². The van der Waals surface area contributed by atoms with Crippen LogP contribution in [0.4, 0.5) is 0 Å². The zero-order valence-corrected chi connectivity index (χ0v) is 21.2. The molecule has 3 aromatic carbocycles. The van der Waals surface area contributed by atoms with E-state index in [4.69, 9.17) is 0 Å². The molecule has 5 rings (SSSR count). The molecule has 0 bridgehead atoms. The van der Waals surface area contributed by atoms with E-state index >= 15 is 0 Å². The molecule has 0 saturated heterocycles. The summed E-state index contributed by atoms with van der Waals surface area (Å²) in [5.74, 6) is 0. The van der Waals surface area contributed by atoms with Crippen molar-refractivity contribution >= 4 is 14.5 Å². The van der Waals surface area contributed by atoms with E-state index in [-0.39, 0.29) is 24.8 Å². The summed E-state index contributed by atoms with van der Waals surface area (Å²) in [6, 6.07) is 24.3. The molecule has 2 aliphatic rings. The predicted octanol–water partition coefficient (Wildman–Crippen LogP) is -1.44. The van der Waals surface area contributed by atoms with Gasteiger partial charge >= 0.3 is 175 Å². The Balaban J connectivity index is 0.00000120. The fraction of sp³-hybridized carbons (Fsp3) is 0.0769. The number of benzene rings is 3. The van der Waals surface area contributed by atoms with Crippen LogP contribution < -0.4 is 35.3 Å². The Bertz CT molecular complexity index is 1350. The van der Waals surface area contributed by atoms with Crippen LogP contribution in [-0.4, -0.2) is 0 Å². The molecule has 0 saturated carbocycles. The van der Waals surface area contributed by atoms with E-state index in [9.17, 15) is 0 Å². The summed E-state index contributed by atoms with van der Waals surface area (Å²) >= 11 is 1.05. The Morgan fingerprint density at radius 2 is 1.45 bits per heavy atom. The first-order valence-electron chi connectivity index (χ1n) is 9.37. The molecule has 0 radical (unpaired) electrons. The first-order valence-corrected chi connectivity index (χ1v) is 11.2. The summed E-state index contributed by atoms with van der Waals surface area (Å²) in [7, 11) is 0. The minimum atomic E-state index is 0. The smallest absolute Gasteiger partial charge is 1.00 e. The van der Waals surface area contributed by atoms with Crippen molar-refractivity contribution in [2.45, 2.75) is 13.3 Å². The van der Waals surface area contributed by atoms with Crippen LogP contribution in [0.25, 0.3) is 14.5 Å². The molecule has 0 N–H and O–H groups in total. The van der Waals surface area contributed by atoms with Crippen LogP contribution in [0.2, 0.25) is 0 Å². The largest absolute Gasteiger partial charge is 1.00 e. The summed E-state index contributed by atoms with van der Waals surface area (Å²) in [6.07, 6.45) is 7.79. The van der Waals surface area contributed by atoms with E-state index in [2.05, 4.69) is 91.9 Å². The van der Waals surface area contributed by atoms with Crippen molar-refractivity contribution in [1.29, 1.82) is 0 Å². The fourth-order valence-corrected chi connectivity index (χ4v) is 6.00. The molecule has 29 heavy (non-hydrogen) atoms. The SMILES string of the molecule is CC(c1ccccc1)=c1ccc2c(c1C1=CC=CC1)[C]([Hf+2])=c1ccccc1=2.[Cl-].[Cl-]. The molecule has 3 heteroatoms. The molecule has 141 valence electrons. The van der Waals surface area contributed by atoms with Crippen molar-refractivity contribution < 1.29 is 49.2 Å². The van der Waals surface area contributed by atoms with E-state index in [0.717, 1.165) is 30.8 Å². The summed E-state index contributed by atoms with van der Waals surface area (Å²) in [6.45, 7) is 2.26. The van der Waals surface area contributed by atoms with Gasteiger partial charge in [-0.15, -0.1) is 0 Å². The minimum Gasteiger partial charge on any atom is -1.00 e. The van der Waals surface area contributed by atoms with Gasteiger partial charge in [0.15, 0.2) is 0 Å². The third-order valence-electron chi connectivity index (χ3n) is 5.65. The minimum absolute atomic E-state index is 0. The van der Waals surface area contributed by atoms with Crippen molar-refractivity contribution in [3.63, 3.8) is 0 Å². The van der Waals surface area contributed by atoms with E-state index in [0.29, 0.717) is 0 Å². The second-order valence-corrected chi connectivity index (χ2v) is 8.94. The van der Waals surface area contributed by atoms with Gasteiger partial charge in [-0.05, 0) is 0 Å². The molecule has 0 nitrogen and oxygen atoms in total.